The molecule has 1 aromatic heterocycles. The predicted molar refractivity (Wildman–Crippen MR) is 150 cm³/mol. The summed E-state index contributed by atoms with van der Waals surface area (Å²) in [6.45, 7) is 3.70. The fourth-order valence-electron chi connectivity index (χ4n) is 3.99. The van der Waals surface area contributed by atoms with Gasteiger partial charge in [0, 0.05) is 38.1 Å². The number of carbonyl (C=O) groups is 1. The SMILES string of the molecule is CCN(Cc1cccc(C)n1)C(=O)CN(c1cc(N(C)C)ccc1C#N)S(=O)(=O)c1ccc(OC)c(OC)c1. The quantitative estimate of drug-likeness (QED) is 0.355. The number of nitriles is 1. The third-order valence-electron chi connectivity index (χ3n) is 6.14. The minimum absolute atomic E-state index is 0.0940. The number of hydrogen-bond acceptors (Lipinski definition) is 8. The van der Waals surface area contributed by atoms with Gasteiger partial charge in [0.15, 0.2) is 11.5 Å². The number of benzene rings is 2. The lowest BCUT2D eigenvalue weighted by molar-refractivity contribution is -0.130. The van der Waals surface area contributed by atoms with Crippen molar-refractivity contribution in [1.29, 1.82) is 5.26 Å². The molecule has 0 aliphatic rings. The van der Waals surface area contributed by atoms with Gasteiger partial charge in [-0.25, -0.2) is 8.42 Å². The number of aromatic nitrogens is 1. The highest BCUT2D eigenvalue weighted by molar-refractivity contribution is 7.92. The molecule has 11 heteroatoms. The topological polar surface area (TPSA) is 116 Å². The molecule has 0 unspecified atom stereocenters. The van der Waals surface area contributed by atoms with Crippen LogP contribution in [0, 0.1) is 18.3 Å². The lowest BCUT2D eigenvalue weighted by atomic mass is 10.1. The molecule has 0 atom stereocenters. The van der Waals surface area contributed by atoms with Crippen LogP contribution in [0.1, 0.15) is 23.9 Å². The van der Waals surface area contributed by atoms with Crippen LogP contribution in [0.4, 0.5) is 11.4 Å². The number of ether oxygens (including phenoxy) is 2. The zero-order valence-corrected chi connectivity index (χ0v) is 23.8. The summed E-state index contributed by atoms with van der Waals surface area (Å²) < 4.78 is 39.8. The molecule has 0 N–H and O–H groups in total. The fraction of sp³-hybridized carbons (Fsp3) is 0.321. The van der Waals surface area contributed by atoms with Crippen molar-refractivity contribution < 1.29 is 22.7 Å². The lowest BCUT2D eigenvalue weighted by Gasteiger charge is -2.29. The van der Waals surface area contributed by atoms with E-state index in [0.717, 1.165) is 10.00 Å². The van der Waals surface area contributed by atoms with Gasteiger partial charge in [-0.1, -0.05) is 6.07 Å². The van der Waals surface area contributed by atoms with Gasteiger partial charge < -0.3 is 19.3 Å². The zero-order chi connectivity index (χ0) is 28.7. The van der Waals surface area contributed by atoms with E-state index in [4.69, 9.17) is 9.47 Å². The van der Waals surface area contributed by atoms with Crippen molar-refractivity contribution >= 4 is 27.3 Å². The van der Waals surface area contributed by atoms with Gasteiger partial charge in [0.2, 0.25) is 5.91 Å². The number of nitrogens with zero attached hydrogens (tertiary/aromatic N) is 5. The highest BCUT2D eigenvalue weighted by Crippen LogP contribution is 2.34. The number of methoxy groups -OCH3 is 2. The van der Waals surface area contributed by atoms with Crippen molar-refractivity contribution in [2.45, 2.75) is 25.3 Å². The summed E-state index contributed by atoms with van der Waals surface area (Å²) in [7, 11) is 2.12. The molecular weight excluding hydrogens is 518 g/mol. The molecule has 0 fully saturated rings. The van der Waals surface area contributed by atoms with Gasteiger partial charge >= 0.3 is 0 Å². The minimum atomic E-state index is -4.34. The maximum absolute atomic E-state index is 14.1. The number of pyridine rings is 1. The monoisotopic (exact) mass is 551 g/mol. The smallest absolute Gasteiger partial charge is 0.264 e. The normalized spacial score (nSPS) is 10.9. The number of hydrogen-bond donors (Lipinski definition) is 0. The Morgan fingerprint density at radius 3 is 2.33 bits per heavy atom. The first-order chi connectivity index (χ1) is 18.5. The molecule has 3 aromatic rings. The minimum Gasteiger partial charge on any atom is -0.493 e. The van der Waals surface area contributed by atoms with Crippen molar-refractivity contribution in [1.82, 2.24) is 9.88 Å². The Kier molecular flexibility index (Phi) is 9.37. The van der Waals surface area contributed by atoms with Crippen LogP contribution in [0.2, 0.25) is 0 Å². The van der Waals surface area contributed by atoms with Crippen LogP contribution in [-0.2, 0) is 21.4 Å². The Labute approximate surface area is 230 Å². The van der Waals surface area contributed by atoms with Crippen molar-refractivity contribution in [3.63, 3.8) is 0 Å². The Morgan fingerprint density at radius 2 is 1.74 bits per heavy atom. The molecule has 2 aromatic carbocycles. The number of rotatable bonds is 11. The number of anilines is 2. The van der Waals surface area contributed by atoms with Crippen LogP contribution in [-0.4, -0.2) is 65.6 Å². The van der Waals surface area contributed by atoms with Crippen LogP contribution in [0.3, 0.4) is 0 Å². The molecule has 206 valence electrons. The highest BCUT2D eigenvalue weighted by Gasteiger charge is 2.32. The van der Waals surface area contributed by atoms with Gasteiger partial charge in [-0.2, -0.15) is 5.26 Å². The van der Waals surface area contributed by atoms with E-state index in [2.05, 4.69) is 11.1 Å². The van der Waals surface area contributed by atoms with E-state index >= 15 is 0 Å². The molecule has 10 nitrogen and oxygen atoms in total. The second-order valence-corrected chi connectivity index (χ2v) is 10.8. The molecule has 0 spiro atoms. The van der Waals surface area contributed by atoms with E-state index in [1.165, 1.54) is 37.3 Å². The molecule has 0 saturated heterocycles. The molecular formula is C28H33N5O5S. The van der Waals surface area contributed by atoms with Gasteiger partial charge in [0.1, 0.15) is 12.6 Å². The van der Waals surface area contributed by atoms with E-state index in [1.807, 2.05) is 32.0 Å². The molecule has 0 radical (unpaired) electrons. The number of aryl methyl sites for hydroxylation is 1. The van der Waals surface area contributed by atoms with Crippen LogP contribution in [0.15, 0.2) is 59.5 Å². The van der Waals surface area contributed by atoms with E-state index in [-0.39, 0.29) is 28.4 Å². The number of amides is 1. The summed E-state index contributed by atoms with van der Waals surface area (Å²) in [6, 6.07) is 16.6. The van der Waals surface area contributed by atoms with Gasteiger partial charge in [0.05, 0.1) is 42.6 Å². The van der Waals surface area contributed by atoms with Crippen LogP contribution in [0.25, 0.3) is 0 Å². The first kappa shape index (κ1) is 29.3. The maximum atomic E-state index is 14.1. The first-order valence-electron chi connectivity index (χ1n) is 12.2. The van der Waals surface area contributed by atoms with Crippen LogP contribution < -0.4 is 18.7 Å². The van der Waals surface area contributed by atoms with Crippen molar-refractivity contribution in [3.8, 4) is 17.6 Å². The Morgan fingerprint density at radius 1 is 1.03 bits per heavy atom. The van der Waals surface area contributed by atoms with Crippen molar-refractivity contribution in [3.05, 3.63) is 71.5 Å². The Hall–Kier alpha value is -4.30. The third kappa shape index (κ3) is 6.59. The van der Waals surface area contributed by atoms with E-state index < -0.39 is 22.5 Å². The summed E-state index contributed by atoms with van der Waals surface area (Å²) in [6.07, 6.45) is 0. The van der Waals surface area contributed by atoms with Crippen molar-refractivity contribution in [2.75, 3.05) is 50.6 Å². The zero-order valence-electron chi connectivity index (χ0n) is 23.0. The average Bonchev–Trinajstić information content (AvgIpc) is 2.93. The molecule has 0 aliphatic carbocycles. The largest absolute Gasteiger partial charge is 0.493 e. The van der Waals surface area contributed by atoms with Crippen LogP contribution >= 0.6 is 0 Å². The van der Waals surface area contributed by atoms with Gasteiger partial charge in [0.25, 0.3) is 10.0 Å². The first-order valence-corrected chi connectivity index (χ1v) is 13.7. The van der Waals surface area contributed by atoms with Crippen molar-refractivity contribution in [2.24, 2.45) is 0 Å². The number of carbonyl (C=O) groups excluding carboxylic acids is 1. The molecule has 3 rings (SSSR count). The molecule has 0 aliphatic heterocycles. The Balaban J connectivity index is 2.13. The third-order valence-corrected chi connectivity index (χ3v) is 7.90. The predicted octanol–water partition coefficient (Wildman–Crippen LogP) is 3.59. The summed E-state index contributed by atoms with van der Waals surface area (Å²) in [5.41, 5.74) is 2.37. The van der Waals surface area contributed by atoms with E-state index in [9.17, 15) is 18.5 Å². The number of sulfonamides is 1. The lowest BCUT2D eigenvalue weighted by Crippen LogP contribution is -2.43. The van der Waals surface area contributed by atoms with Gasteiger partial charge in [-0.05, 0) is 56.3 Å². The second-order valence-electron chi connectivity index (χ2n) is 8.91. The standard InChI is InChI=1S/C28H33N5O5S/c1-7-32(18-22-10-8-9-20(2)30-22)28(34)19-33(25-15-23(31(3)4)12-11-21(25)17-29)39(35,36)24-13-14-26(37-5)27(16-24)38-6/h8-16H,7,18-19H2,1-6H3. The molecule has 1 amide bonds. The second kappa shape index (κ2) is 12.5. The van der Waals surface area contributed by atoms with Crippen LogP contribution in [0.5, 0.6) is 11.5 Å². The summed E-state index contributed by atoms with van der Waals surface area (Å²) >= 11 is 0. The van der Waals surface area contributed by atoms with Gasteiger partial charge in [-0.15, -0.1) is 0 Å². The van der Waals surface area contributed by atoms with E-state index in [1.54, 1.807) is 37.2 Å². The maximum Gasteiger partial charge on any atom is 0.264 e. The molecule has 39 heavy (non-hydrogen) atoms. The van der Waals surface area contributed by atoms with E-state index in [0.29, 0.717) is 23.7 Å². The molecule has 1 heterocycles. The number of likely N-dealkylation sites (N-methyl/N-ethyl adjacent to an activating group) is 1. The molecule has 0 saturated carbocycles. The summed E-state index contributed by atoms with van der Waals surface area (Å²) in [5.74, 6) is 0.131. The van der Waals surface area contributed by atoms with Gasteiger partial charge in [-0.3, -0.25) is 14.1 Å². The Bertz CT molecular complexity index is 1480. The molecule has 0 bridgehead atoms. The highest BCUT2D eigenvalue weighted by atomic mass is 32.2. The average molecular weight is 552 g/mol. The fourth-order valence-corrected chi connectivity index (χ4v) is 5.43. The summed E-state index contributed by atoms with van der Waals surface area (Å²) in [4.78, 5) is 21.3. The summed E-state index contributed by atoms with van der Waals surface area (Å²) in [5, 5.41) is 9.87.